The van der Waals surface area contributed by atoms with Gasteiger partial charge >= 0.3 is 0 Å². The van der Waals surface area contributed by atoms with Crippen molar-refractivity contribution in [1.82, 2.24) is 25.4 Å². The summed E-state index contributed by atoms with van der Waals surface area (Å²) in [5, 5.41) is 3.89. The summed E-state index contributed by atoms with van der Waals surface area (Å²) in [7, 11) is 1.56. The first-order valence-corrected chi connectivity index (χ1v) is 8.44. The van der Waals surface area contributed by atoms with Crippen LogP contribution in [0.2, 0.25) is 0 Å². The number of amides is 1. The van der Waals surface area contributed by atoms with Crippen molar-refractivity contribution in [2.45, 2.75) is 6.92 Å². The molecule has 9 heteroatoms. The van der Waals surface area contributed by atoms with Gasteiger partial charge in [-0.05, 0) is 19.1 Å². The van der Waals surface area contributed by atoms with Gasteiger partial charge in [0, 0.05) is 30.1 Å². The topological polar surface area (TPSA) is 111 Å². The van der Waals surface area contributed by atoms with Crippen molar-refractivity contribution in [3.05, 3.63) is 60.4 Å². The Kier molecular flexibility index (Phi) is 6.19. The van der Waals surface area contributed by atoms with Crippen LogP contribution in [0, 0.1) is 0 Å². The van der Waals surface area contributed by atoms with E-state index in [1.54, 1.807) is 50.0 Å². The normalized spacial score (nSPS) is 10.6. The predicted molar refractivity (Wildman–Crippen MR) is 102 cm³/mol. The van der Waals surface area contributed by atoms with Crippen molar-refractivity contribution < 1.29 is 14.3 Å². The number of rotatable bonds is 7. The summed E-state index contributed by atoms with van der Waals surface area (Å²) in [4.78, 5) is 28.9. The zero-order valence-electron chi connectivity index (χ0n) is 15.4. The summed E-state index contributed by atoms with van der Waals surface area (Å²) in [6.07, 6.45) is 7.52. The summed E-state index contributed by atoms with van der Waals surface area (Å²) in [6, 6.07) is 6.94. The molecule has 3 aromatic rings. The van der Waals surface area contributed by atoms with E-state index in [9.17, 15) is 4.79 Å². The smallest absolute Gasteiger partial charge is 0.291 e. The molecule has 1 N–H and O–H groups in total. The Bertz CT molecular complexity index is 975. The van der Waals surface area contributed by atoms with Gasteiger partial charge in [-0.1, -0.05) is 0 Å². The number of nitrogens with zero attached hydrogens (tertiary/aromatic N) is 5. The molecule has 0 saturated heterocycles. The van der Waals surface area contributed by atoms with E-state index in [2.05, 4.69) is 30.5 Å². The maximum absolute atomic E-state index is 12.3. The van der Waals surface area contributed by atoms with Gasteiger partial charge in [0.1, 0.15) is 11.4 Å². The summed E-state index contributed by atoms with van der Waals surface area (Å²) in [5.41, 5.74) is 4.30. The number of nitrogens with one attached hydrogen (secondary N) is 1. The van der Waals surface area contributed by atoms with Gasteiger partial charge in [0.25, 0.3) is 5.91 Å². The van der Waals surface area contributed by atoms with E-state index in [0.29, 0.717) is 29.6 Å². The molecule has 3 rings (SSSR count). The number of carbonyl (C=O) groups is 1. The molecule has 1 amide bonds. The second kappa shape index (κ2) is 9.17. The lowest BCUT2D eigenvalue weighted by molar-refractivity contribution is 0.0950. The summed E-state index contributed by atoms with van der Waals surface area (Å²) in [5.74, 6) is 0.672. The van der Waals surface area contributed by atoms with Gasteiger partial charge in [0.15, 0.2) is 0 Å². The minimum absolute atomic E-state index is 0.127. The van der Waals surface area contributed by atoms with Crippen LogP contribution in [0.1, 0.15) is 23.1 Å². The van der Waals surface area contributed by atoms with Gasteiger partial charge in [0.05, 0.1) is 43.7 Å². The maximum atomic E-state index is 12.3. The molecule has 0 aromatic carbocycles. The molecule has 3 heterocycles. The van der Waals surface area contributed by atoms with Crippen LogP contribution in [0.3, 0.4) is 0 Å². The predicted octanol–water partition coefficient (Wildman–Crippen LogP) is 2.10. The fraction of sp³-hybridized carbons (Fsp3) is 0.158. The highest BCUT2D eigenvalue weighted by Crippen LogP contribution is 2.17. The van der Waals surface area contributed by atoms with E-state index in [1.807, 2.05) is 6.92 Å². The lowest BCUT2D eigenvalue weighted by Crippen LogP contribution is -2.19. The molecule has 0 aliphatic rings. The first kappa shape index (κ1) is 18.9. The minimum Gasteiger partial charge on any atom is -0.497 e. The molecule has 3 aromatic heterocycles. The molecule has 9 nitrogen and oxygen atoms in total. The van der Waals surface area contributed by atoms with Gasteiger partial charge in [-0.2, -0.15) is 5.10 Å². The van der Waals surface area contributed by atoms with Crippen LogP contribution in [-0.4, -0.2) is 45.8 Å². The third-order valence-corrected chi connectivity index (χ3v) is 3.54. The molecule has 0 saturated carbocycles. The van der Waals surface area contributed by atoms with E-state index in [0.717, 1.165) is 5.56 Å². The Morgan fingerprint density at radius 2 is 2.11 bits per heavy atom. The molecule has 0 spiro atoms. The number of aromatic nitrogens is 4. The molecule has 0 aliphatic heterocycles. The lowest BCUT2D eigenvalue weighted by Gasteiger charge is -2.05. The molecule has 0 bridgehead atoms. The van der Waals surface area contributed by atoms with Gasteiger partial charge in [0.2, 0.25) is 5.88 Å². The van der Waals surface area contributed by atoms with Crippen LogP contribution in [0.4, 0.5) is 0 Å². The average Bonchev–Trinajstić information content (AvgIpc) is 2.75. The SMILES string of the molecule is CCOc1ccc(-c2cncc(C(=O)N/N=C/c3cc(OC)ccn3)n2)cn1. The largest absolute Gasteiger partial charge is 0.497 e. The van der Waals surface area contributed by atoms with Crippen molar-refractivity contribution in [2.75, 3.05) is 13.7 Å². The Balaban J connectivity index is 1.68. The van der Waals surface area contributed by atoms with E-state index >= 15 is 0 Å². The summed E-state index contributed by atoms with van der Waals surface area (Å²) in [6.45, 7) is 2.42. The fourth-order valence-electron chi connectivity index (χ4n) is 2.22. The lowest BCUT2D eigenvalue weighted by atomic mass is 10.2. The van der Waals surface area contributed by atoms with Crippen LogP contribution in [-0.2, 0) is 0 Å². The number of pyridine rings is 2. The molecule has 28 heavy (non-hydrogen) atoms. The van der Waals surface area contributed by atoms with Crippen LogP contribution in [0.25, 0.3) is 11.3 Å². The number of methoxy groups -OCH3 is 1. The highest BCUT2D eigenvalue weighted by Gasteiger charge is 2.10. The van der Waals surface area contributed by atoms with Gasteiger partial charge in [-0.3, -0.25) is 14.8 Å². The minimum atomic E-state index is -0.493. The van der Waals surface area contributed by atoms with E-state index in [1.165, 1.54) is 12.4 Å². The number of carbonyl (C=O) groups excluding carboxylic acids is 1. The average molecular weight is 378 g/mol. The number of hydrogen-bond acceptors (Lipinski definition) is 8. The Labute approximate surface area is 161 Å². The molecular weight excluding hydrogens is 360 g/mol. The van der Waals surface area contributed by atoms with E-state index < -0.39 is 5.91 Å². The fourth-order valence-corrected chi connectivity index (χ4v) is 2.22. The zero-order chi connectivity index (χ0) is 19.8. The van der Waals surface area contributed by atoms with Crippen molar-refractivity contribution in [3.63, 3.8) is 0 Å². The van der Waals surface area contributed by atoms with Crippen LogP contribution in [0.15, 0.2) is 54.2 Å². The van der Waals surface area contributed by atoms with Crippen LogP contribution in [0.5, 0.6) is 11.6 Å². The molecular formula is C19H18N6O3. The van der Waals surface area contributed by atoms with Gasteiger partial charge in [-0.15, -0.1) is 0 Å². The number of hydrogen-bond donors (Lipinski definition) is 1. The second-order valence-corrected chi connectivity index (χ2v) is 5.43. The van der Waals surface area contributed by atoms with Crippen LogP contribution >= 0.6 is 0 Å². The van der Waals surface area contributed by atoms with Crippen molar-refractivity contribution in [1.29, 1.82) is 0 Å². The monoisotopic (exact) mass is 378 g/mol. The Morgan fingerprint density at radius 1 is 1.21 bits per heavy atom. The van der Waals surface area contributed by atoms with Crippen molar-refractivity contribution in [3.8, 4) is 22.9 Å². The molecule has 142 valence electrons. The van der Waals surface area contributed by atoms with E-state index in [-0.39, 0.29) is 5.69 Å². The van der Waals surface area contributed by atoms with Crippen LogP contribution < -0.4 is 14.9 Å². The quantitative estimate of drug-likeness (QED) is 0.495. The molecule has 0 aliphatic carbocycles. The molecule has 0 unspecified atom stereocenters. The van der Waals surface area contributed by atoms with Gasteiger partial charge < -0.3 is 9.47 Å². The van der Waals surface area contributed by atoms with Crippen molar-refractivity contribution in [2.24, 2.45) is 5.10 Å². The number of hydrazone groups is 1. The Hall–Kier alpha value is -3.88. The molecule has 0 fully saturated rings. The summed E-state index contributed by atoms with van der Waals surface area (Å²) < 4.78 is 10.4. The zero-order valence-corrected chi connectivity index (χ0v) is 15.4. The van der Waals surface area contributed by atoms with Crippen molar-refractivity contribution >= 4 is 12.1 Å². The van der Waals surface area contributed by atoms with E-state index in [4.69, 9.17) is 9.47 Å². The highest BCUT2D eigenvalue weighted by atomic mass is 16.5. The second-order valence-electron chi connectivity index (χ2n) is 5.43. The molecule has 0 atom stereocenters. The third-order valence-electron chi connectivity index (χ3n) is 3.54. The standard InChI is InChI=1S/C19H18N6O3/c1-3-28-18-5-4-13(9-22-18)16-11-20-12-17(24-16)19(26)25-23-10-14-8-15(27-2)6-7-21-14/h4-12H,3H2,1-2H3,(H,25,26)/b23-10+. The van der Waals surface area contributed by atoms with Gasteiger partial charge in [-0.25, -0.2) is 15.4 Å². The Morgan fingerprint density at radius 3 is 2.86 bits per heavy atom. The first-order valence-electron chi connectivity index (χ1n) is 8.44. The number of ether oxygens (including phenoxy) is 2. The molecule has 0 radical (unpaired) electrons. The summed E-state index contributed by atoms with van der Waals surface area (Å²) >= 11 is 0. The first-order chi connectivity index (χ1) is 13.7. The maximum Gasteiger partial charge on any atom is 0.291 e. The third kappa shape index (κ3) is 4.85. The highest BCUT2D eigenvalue weighted by molar-refractivity contribution is 5.93.